The van der Waals surface area contributed by atoms with Crippen LogP contribution in [-0.2, 0) is 24.8 Å². The molecule has 1 atom stereocenters. The van der Waals surface area contributed by atoms with E-state index in [1.807, 2.05) is 38.2 Å². The molecule has 0 bridgehead atoms. The molecule has 154 valence electrons. The fourth-order valence-corrected chi connectivity index (χ4v) is 2.81. The zero-order chi connectivity index (χ0) is 19.8. The summed E-state index contributed by atoms with van der Waals surface area (Å²) in [6.07, 6.45) is 2.43. The summed E-state index contributed by atoms with van der Waals surface area (Å²) < 4.78 is 15.1. The first-order chi connectivity index (χ1) is 12.9. The molecule has 0 fully saturated rings. The van der Waals surface area contributed by atoms with Crippen molar-refractivity contribution in [3.63, 3.8) is 0 Å². The summed E-state index contributed by atoms with van der Waals surface area (Å²) in [6.45, 7) is 3.67. The topological polar surface area (TPSA) is 75.6 Å². The van der Waals surface area contributed by atoms with Crippen LogP contribution < -0.4 is 11.1 Å². The molecule has 0 saturated heterocycles. The van der Waals surface area contributed by atoms with Crippen LogP contribution in [0.25, 0.3) is 0 Å². The quantitative estimate of drug-likeness (QED) is 0.332. The van der Waals surface area contributed by atoms with Gasteiger partial charge in [0.15, 0.2) is 5.96 Å². The monoisotopic (exact) mass is 501 g/mol. The van der Waals surface area contributed by atoms with Gasteiger partial charge in [0.25, 0.3) is 0 Å². The first kappa shape index (κ1) is 23.9. The van der Waals surface area contributed by atoms with E-state index < -0.39 is 11.8 Å². The largest absolute Gasteiger partial charge is 0.369 e. The van der Waals surface area contributed by atoms with Gasteiger partial charge < -0.3 is 20.5 Å². The molecule has 0 aliphatic rings. The SMILES string of the molecule is CCNC(=NCC(Cc1ccc(F)cc1)C(N)=O)N(C)Cc1cccn1C.I. The van der Waals surface area contributed by atoms with Crippen LogP contribution >= 0.6 is 24.0 Å². The van der Waals surface area contributed by atoms with Gasteiger partial charge in [-0.15, -0.1) is 24.0 Å². The van der Waals surface area contributed by atoms with Crippen molar-refractivity contribution in [1.29, 1.82) is 0 Å². The third-order valence-electron chi connectivity index (χ3n) is 4.41. The molecule has 6 nitrogen and oxygen atoms in total. The molecule has 8 heteroatoms. The number of nitrogens with zero attached hydrogens (tertiary/aromatic N) is 3. The second-order valence-electron chi connectivity index (χ2n) is 6.59. The maximum atomic E-state index is 13.1. The van der Waals surface area contributed by atoms with E-state index in [4.69, 9.17) is 5.73 Å². The summed E-state index contributed by atoms with van der Waals surface area (Å²) in [6, 6.07) is 10.2. The predicted molar refractivity (Wildman–Crippen MR) is 121 cm³/mol. The van der Waals surface area contributed by atoms with Gasteiger partial charge in [0.2, 0.25) is 5.91 Å². The highest BCUT2D eigenvalue weighted by atomic mass is 127. The number of guanidine groups is 1. The second-order valence-corrected chi connectivity index (χ2v) is 6.59. The molecule has 0 saturated carbocycles. The Balaban J connectivity index is 0.00000392. The molecule has 28 heavy (non-hydrogen) atoms. The molecule has 0 spiro atoms. The van der Waals surface area contributed by atoms with E-state index in [9.17, 15) is 9.18 Å². The fraction of sp³-hybridized carbons (Fsp3) is 0.400. The Labute approximate surface area is 183 Å². The van der Waals surface area contributed by atoms with Crippen LogP contribution in [0, 0.1) is 11.7 Å². The van der Waals surface area contributed by atoms with Gasteiger partial charge in [0, 0.05) is 32.5 Å². The van der Waals surface area contributed by atoms with Crippen molar-refractivity contribution in [1.82, 2.24) is 14.8 Å². The highest BCUT2D eigenvalue weighted by Gasteiger charge is 2.17. The number of aryl methyl sites for hydroxylation is 1. The summed E-state index contributed by atoms with van der Waals surface area (Å²) in [5.41, 5.74) is 7.57. The molecule has 0 aliphatic carbocycles. The molecule has 0 aliphatic heterocycles. The van der Waals surface area contributed by atoms with E-state index in [-0.39, 0.29) is 36.3 Å². The zero-order valence-corrected chi connectivity index (χ0v) is 18.9. The van der Waals surface area contributed by atoms with Gasteiger partial charge in [0.05, 0.1) is 19.0 Å². The predicted octanol–water partition coefficient (Wildman–Crippen LogP) is 2.52. The maximum absolute atomic E-state index is 13.1. The maximum Gasteiger partial charge on any atom is 0.222 e. The number of benzene rings is 1. The lowest BCUT2D eigenvalue weighted by molar-refractivity contribution is -0.121. The number of rotatable bonds is 8. The molecule has 1 heterocycles. The number of hydrogen-bond donors (Lipinski definition) is 2. The Morgan fingerprint density at radius 1 is 1.32 bits per heavy atom. The van der Waals surface area contributed by atoms with Crippen LogP contribution in [0.5, 0.6) is 0 Å². The lowest BCUT2D eigenvalue weighted by atomic mass is 9.99. The summed E-state index contributed by atoms with van der Waals surface area (Å²) in [5, 5.41) is 3.24. The molecular formula is C20H29FIN5O. The van der Waals surface area contributed by atoms with Crippen molar-refractivity contribution >= 4 is 35.8 Å². The average Bonchev–Trinajstić information content (AvgIpc) is 3.03. The number of carbonyl (C=O) groups is 1. The van der Waals surface area contributed by atoms with E-state index in [0.29, 0.717) is 18.9 Å². The minimum Gasteiger partial charge on any atom is -0.369 e. The first-order valence-corrected chi connectivity index (χ1v) is 9.04. The Kier molecular flexibility index (Phi) is 9.98. The molecule has 1 aromatic heterocycles. The van der Waals surface area contributed by atoms with Gasteiger partial charge in [-0.25, -0.2) is 4.39 Å². The van der Waals surface area contributed by atoms with Gasteiger partial charge in [-0.2, -0.15) is 0 Å². The lowest BCUT2D eigenvalue weighted by Gasteiger charge is -2.23. The Bertz CT molecular complexity index is 775. The number of primary amides is 1. The summed E-state index contributed by atoms with van der Waals surface area (Å²) in [4.78, 5) is 18.5. The second kappa shape index (κ2) is 11.7. The van der Waals surface area contributed by atoms with Crippen LogP contribution in [0.2, 0.25) is 0 Å². The number of nitrogens with two attached hydrogens (primary N) is 1. The van der Waals surface area contributed by atoms with Crippen LogP contribution in [0.3, 0.4) is 0 Å². The molecule has 0 radical (unpaired) electrons. The highest BCUT2D eigenvalue weighted by Crippen LogP contribution is 2.11. The zero-order valence-electron chi connectivity index (χ0n) is 16.6. The molecule has 1 unspecified atom stereocenters. The average molecular weight is 501 g/mol. The van der Waals surface area contributed by atoms with Gasteiger partial charge >= 0.3 is 0 Å². The Hall–Kier alpha value is -2.10. The van der Waals surface area contributed by atoms with E-state index in [2.05, 4.69) is 20.9 Å². The number of aromatic nitrogens is 1. The minimum absolute atomic E-state index is 0. The van der Waals surface area contributed by atoms with E-state index in [0.717, 1.165) is 17.8 Å². The summed E-state index contributed by atoms with van der Waals surface area (Å²) in [7, 11) is 3.95. The van der Waals surface area contributed by atoms with E-state index in [1.54, 1.807) is 12.1 Å². The minimum atomic E-state index is -0.451. The molecule has 1 aromatic carbocycles. The Morgan fingerprint density at radius 2 is 2.00 bits per heavy atom. The summed E-state index contributed by atoms with van der Waals surface area (Å²) >= 11 is 0. The van der Waals surface area contributed by atoms with E-state index in [1.165, 1.54) is 12.1 Å². The van der Waals surface area contributed by atoms with Crippen LogP contribution in [0.15, 0.2) is 47.6 Å². The van der Waals surface area contributed by atoms with E-state index >= 15 is 0 Å². The van der Waals surface area contributed by atoms with Crippen LogP contribution in [0.1, 0.15) is 18.2 Å². The molecule has 2 aromatic rings. The molecule has 1 amide bonds. The number of aliphatic imine (C=N–C) groups is 1. The van der Waals surface area contributed by atoms with Gasteiger partial charge in [0.1, 0.15) is 5.82 Å². The molecule has 3 N–H and O–H groups in total. The molecule has 2 rings (SSSR count). The summed E-state index contributed by atoms with van der Waals surface area (Å²) in [5.74, 6) is -0.454. The smallest absolute Gasteiger partial charge is 0.222 e. The van der Waals surface area contributed by atoms with Crippen LogP contribution in [0.4, 0.5) is 4.39 Å². The fourth-order valence-electron chi connectivity index (χ4n) is 2.81. The highest BCUT2D eigenvalue weighted by molar-refractivity contribution is 14.0. The number of hydrogen-bond acceptors (Lipinski definition) is 2. The standard InChI is InChI=1S/C20H28FN5O.HI/c1-4-23-20(26(3)14-18-6-5-11-25(18)2)24-13-16(19(22)27)12-15-7-9-17(21)10-8-15;/h5-11,16H,4,12-14H2,1-3H3,(H2,22,27)(H,23,24);1H. The van der Waals surface area contributed by atoms with Crippen molar-refractivity contribution < 1.29 is 9.18 Å². The number of carbonyl (C=O) groups excluding carboxylic acids is 1. The van der Waals surface area contributed by atoms with Gasteiger partial charge in [-0.3, -0.25) is 9.79 Å². The number of halogens is 2. The first-order valence-electron chi connectivity index (χ1n) is 9.04. The van der Waals surface area contributed by atoms with Crippen molar-refractivity contribution in [2.75, 3.05) is 20.1 Å². The van der Waals surface area contributed by atoms with Gasteiger partial charge in [-0.1, -0.05) is 12.1 Å². The number of nitrogens with one attached hydrogen (secondary N) is 1. The van der Waals surface area contributed by atoms with Crippen molar-refractivity contribution in [2.45, 2.75) is 19.9 Å². The van der Waals surface area contributed by atoms with Crippen molar-refractivity contribution in [3.8, 4) is 0 Å². The normalized spacial score (nSPS) is 12.2. The van der Waals surface area contributed by atoms with Crippen molar-refractivity contribution in [2.24, 2.45) is 23.7 Å². The lowest BCUT2D eigenvalue weighted by Crippen LogP contribution is -2.39. The Morgan fingerprint density at radius 3 is 2.54 bits per heavy atom. The van der Waals surface area contributed by atoms with Crippen molar-refractivity contribution in [3.05, 3.63) is 59.7 Å². The molecular weight excluding hydrogens is 472 g/mol. The third kappa shape index (κ3) is 7.14. The number of amides is 1. The third-order valence-corrected chi connectivity index (χ3v) is 4.41. The van der Waals surface area contributed by atoms with Gasteiger partial charge in [-0.05, 0) is 43.2 Å². The van der Waals surface area contributed by atoms with Crippen LogP contribution in [-0.4, -0.2) is 41.5 Å².